The average molecular weight is 209 g/mol. The molecule has 0 aliphatic carbocycles. The predicted molar refractivity (Wildman–Crippen MR) is 60.1 cm³/mol. The largest absolute Gasteiger partial charge is 0.489 e. The van der Waals surface area contributed by atoms with Gasteiger partial charge in [-0.15, -0.1) is 11.8 Å². The van der Waals surface area contributed by atoms with Gasteiger partial charge in [0.2, 0.25) is 0 Å². The van der Waals surface area contributed by atoms with E-state index in [1.807, 2.05) is 12.1 Å². The molecule has 0 saturated carbocycles. The quantitative estimate of drug-likeness (QED) is 0.771. The van der Waals surface area contributed by atoms with Gasteiger partial charge in [0.05, 0.1) is 0 Å². The Hall–Kier alpha value is -0.670. The van der Waals surface area contributed by atoms with E-state index in [4.69, 9.17) is 4.74 Å². The molecule has 1 N–H and O–H groups in total. The van der Waals surface area contributed by atoms with Gasteiger partial charge in [-0.05, 0) is 43.5 Å². The zero-order valence-corrected chi connectivity index (χ0v) is 9.14. The minimum Gasteiger partial charge on any atom is -0.489 e. The molecule has 1 aliphatic heterocycles. The first-order valence-electron chi connectivity index (χ1n) is 4.90. The number of rotatable bonds is 3. The number of thioether (sulfide) groups is 1. The van der Waals surface area contributed by atoms with Crippen LogP contribution >= 0.6 is 11.8 Å². The van der Waals surface area contributed by atoms with Gasteiger partial charge in [-0.25, -0.2) is 0 Å². The highest BCUT2D eigenvalue weighted by atomic mass is 32.2. The summed E-state index contributed by atoms with van der Waals surface area (Å²) in [5, 5.41) is 3.29. The number of nitrogens with one attached hydrogen (secondary N) is 1. The Morgan fingerprint density at radius 2 is 2.14 bits per heavy atom. The molecule has 1 aliphatic rings. The highest BCUT2D eigenvalue weighted by Crippen LogP contribution is 2.20. The van der Waals surface area contributed by atoms with Crippen molar-refractivity contribution in [2.24, 2.45) is 0 Å². The van der Waals surface area contributed by atoms with Crippen molar-refractivity contribution in [3.8, 4) is 5.75 Å². The standard InChI is InChI=1S/C11H15NOS/c1-14-11-4-2-9(3-5-11)13-10-6-7-12-8-10/h2-5,10,12H,6-8H2,1H3/t10-/m1/s1. The normalized spacial score (nSPS) is 21.1. The molecule has 0 amide bonds. The fourth-order valence-electron chi connectivity index (χ4n) is 1.58. The molecule has 0 aromatic heterocycles. The molecule has 1 atom stereocenters. The SMILES string of the molecule is CSc1ccc(O[C@@H]2CCNC2)cc1. The zero-order chi connectivity index (χ0) is 9.80. The van der Waals surface area contributed by atoms with Gasteiger partial charge in [0, 0.05) is 11.4 Å². The summed E-state index contributed by atoms with van der Waals surface area (Å²) in [5.41, 5.74) is 0. The summed E-state index contributed by atoms with van der Waals surface area (Å²) < 4.78 is 5.80. The fourth-order valence-corrected chi connectivity index (χ4v) is 1.98. The van der Waals surface area contributed by atoms with Crippen LogP contribution in [0.4, 0.5) is 0 Å². The Kier molecular flexibility index (Phi) is 3.32. The molecule has 0 bridgehead atoms. The minimum absolute atomic E-state index is 0.357. The first-order valence-corrected chi connectivity index (χ1v) is 6.12. The molecular formula is C11H15NOS. The summed E-state index contributed by atoms with van der Waals surface area (Å²) in [6, 6.07) is 8.29. The lowest BCUT2D eigenvalue weighted by molar-refractivity contribution is 0.223. The molecule has 2 rings (SSSR count). The van der Waals surface area contributed by atoms with E-state index in [-0.39, 0.29) is 0 Å². The van der Waals surface area contributed by atoms with Crippen LogP contribution in [0.15, 0.2) is 29.2 Å². The molecule has 0 spiro atoms. The second-order valence-corrected chi connectivity index (χ2v) is 4.29. The first kappa shape index (κ1) is 9.87. The van der Waals surface area contributed by atoms with E-state index in [0.29, 0.717) is 6.10 Å². The number of hydrogen-bond acceptors (Lipinski definition) is 3. The van der Waals surface area contributed by atoms with E-state index >= 15 is 0 Å². The summed E-state index contributed by atoms with van der Waals surface area (Å²) in [7, 11) is 0. The maximum atomic E-state index is 5.80. The second kappa shape index (κ2) is 4.71. The lowest BCUT2D eigenvalue weighted by Gasteiger charge is -2.12. The van der Waals surface area contributed by atoms with Crippen molar-refractivity contribution in [2.45, 2.75) is 17.4 Å². The molecule has 1 aromatic rings. The number of ether oxygens (including phenoxy) is 1. The fraction of sp³-hybridized carbons (Fsp3) is 0.455. The Bertz CT molecular complexity index is 280. The van der Waals surface area contributed by atoms with Crippen LogP contribution in [0.2, 0.25) is 0 Å². The van der Waals surface area contributed by atoms with Crippen molar-refractivity contribution in [1.29, 1.82) is 0 Å². The molecule has 1 saturated heterocycles. The third-order valence-corrected chi connectivity index (χ3v) is 3.12. The van der Waals surface area contributed by atoms with E-state index in [1.165, 1.54) is 4.90 Å². The third kappa shape index (κ3) is 2.42. The lowest BCUT2D eigenvalue weighted by atomic mass is 10.3. The van der Waals surface area contributed by atoms with E-state index in [9.17, 15) is 0 Å². The maximum absolute atomic E-state index is 5.80. The molecule has 1 aromatic carbocycles. The van der Waals surface area contributed by atoms with E-state index < -0.39 is 0 Å². The van der Waals surface area contributed by atoms with Gasteiger partial charge in [-0.2, -0.15) is 0 Å². The minimum atomic E-state index is 0.357. The van der Waals surface area contributed by atoms with Crippen molar-refractivity contribution in [3.05, 3.63) is 24.3 Å². The maximum Gasteiger partial charge on any atom is 0.119 e. The van der Waals surface area contributed by atoms with Crippen LogP contribution in [0.3, 0.4) is 0 Å². The van der Waals surface area contributed by atoms with E-state index in [0.717, 1.165) is 25.3 Å². The second-order valence-electron chi connectivity index (χ2n) is 3.41. The molecule has 3 heteroatoms. The highest BCUT2D eigenvalue weighted by Gasteiger charge is 2.15. The smallest absolute Gasteiger partial charge is 0.119 e. The Labute approximate surface area is 89.0 Å². The van der Waals surface area contributed by atoms with Gasteiger partial charge in [0.15, 0.2) is 0 Å². The Balaban J connectivity index is 1.95. The van der Waals surface area contributed by atoms with Crippen molar-refractivity contribution in [2.75, 3.05) is 19.3 Å². The van der Waals surface area contributed by atoms with Crippen molar-refractivity contribution in [1.82, 2.24) is 5.32 Å². The molecular weight excluding hydrogens is 194 g/mol. The summed E-state index contributed by atoms with van der Waals surface area (Å²) in [6.07, 6.45) is 3.55. The Morgan fingerprint density at radius 1 is 1.36 bits per heavy atom. The summed E-state index contributed by atoms with van der Waals surface area (Å²) in [6.45, 7) is 2.05. The molecule has 76 valence electrons. The average Bonchev–Trinajstić information content (AvgIpc) is 2.72. The summed E-state index contributed by atoms with van der Waals surface area (Å²) in [5.74, 6) is 0.983. The van der Waals surface area contributed by atoms with Crippen molar-refractivity contribution >= 4 is 11.8 Å². The van der Waals surface area contributed by atoms with Crippen LogP contribution in [0.25, 0.3) is 0 Å². The topological polar surface area (TPSA) is 21.3 Å². The lowest BCUT2D eigenvalue weighted by Crippen LogP contribution is -2.19. The van der Waals surface area contributed by atoms with Crippen LogP contribution < -0.4 is 10.1 Å². The van der Waals surface area contributed by atoms with Gasteiger partial charge in [0.1, 0.15) is 11.9 Å². The van der Waals surface area contributed by atoms with Crippen LogP contribution in [-0.2, 0) is 0 Å². The van der Waals surface area contributed by atoms with Crippen LogP contribution in [0.5, 0.6) is 5.75 Å². The summed E-state index contributed by atoms with van der Waals surface area (Å²) in [4.78, 5) is 1.28. The third-order valence-electron chi connectivity index (χ3n) is 2.38. The van der Waals surface area contributed by atoms with Gasteiger partial charge in [-0.3, -0.25) is 0 Å². The van der Waals surface area contributed by atoms with E-state index in [1.54, 1.807) is 11.8 Å². The van der Waals surface area contributed by atoms with Crippen LogP contribution in [0.1, 0.15) is 6.42 Å². The molecule has 0 unspecified atom stereocenters. The molecule has 1 heterocycles. The summed E-state index contributed by atoms with van der Waals surface area (Å²) >= 11 is 1.75. The molecule has 1 fully saturated rings. The monoisotopic (exact) mass is 209 g/mol. The zero-order valence-electron chi connectivity index (χ0n) is 8.32. The predicted octanol–water partition coefficient (Wildman–Crippen LogP) is 2.15. The van der Waals surface area contributed by atoms with Gasteiger partial charge >= 0.3 is 0 Å². The van der Waals surface area contributed by atoms with Crippen molar-refractivity contribution in [3.63, 3.8) is 0 Å². The van der Waals surface area contributed by atoms with Crippen molar-refractivity contribution < 1.29 is 4.74 Å². The first-order chi connectivity index (χ1) is 6.88. The van der Waals surface area contributed by atoms with E-state index in [2.05, 4.69) is 23.7 Å². The van der Waals surface area contributed by atoms with Crippen LogP contribution in [-0.4, -0.2) is 25.4 Å². The number of hydrogen-bond donors (Lipinski definition) is 1. The van der Waals surface area contributed by atoms with Gasteiger partial charge < -0.3 is 10.1 Å². The molecule has 14 heavy (non-hydrogen) atoms. The molecule has 2 nitrogen and oxygen atoms in total. The highest BCUT2D eigenvalue weighted by molar-refractivity contribution is 7.98. The van der Waals surface area contributed by atoms with Gasteiger partial charge in [-0.1, -0.05) is 0 Å². The number of benzene rings is 1. The van der Waals surface area contributed by atoms with Gasteiger partial charge in [0.25, 0.3) is 0 Å². The molecule has 0 radical (unpaired) electrons. The Morgan fingerprint density at radius 3 is 2.71 bits per heavy atom. The van der Waals surface area contributed by atoms with Crippen LogP contribution in [0, 0.1) is 0 Å².